The highest BCUT2D eigenvalue weighted by Gasteiger charge is 2.17. The molecule has 0 aliphatic heterocycles. The van der Waals surface area contributed by atoms with E-state index in [1.165, 1.54) is 5.39 Å². The normalized spacial score (nSPS) is 11.1. The van der Waals surface area contributed by atoms with Gasteiger partial charge in [-0.15, -0.1) is 0 Å². The van der Waals surface area contributed by atoms with Crippen LogP contribution in [0.4, 0.5) is 0 Å². The second-order valence-corrected chi connectivity index (χ2v) is 15.7. The second-order valence-electron chi connectivity index (χ2n) is 15.7. The summed E-state index contributed by atoms with van der Waals surface area (Å²) in [6.07, 6.45) is 0. The van der Waals surface area contributed by atoms with Gasteiger partial charge in [0.25, 0.3) is 0 Å². The van der Waals surface area contributed by atoms with Crippen LogP contribution >= 0.6 is 0 Å². The van der Waals surface area contributed by atoms with Crippen LogP contribution in [-0.4, -0.2) is 24.9 Å². The summed E-state index contributed by atoms with van der Waals surface area (Å²) >= 11 is 0. The molecule has 0 unspecified atom stereocenters. The molecule has 11 rings (SSSR count). The lowest BCUT2D eigenvalue weighted by Gasteiger charge is -2.13. The molecule has 2 heterocycles. The van der Waals surface area contributed by atoms with Crippen LogP contribution < -0.4 is 0 Å². The lowest BCUT2D eigenvalue weighted by Crippen LogP contribution is -2.00. The summed E-state index contributed by atoms with van der Waals surface area (Å²) in [5.74, 6) is 2.49. The molecule has 0 aliphatic carbocycles. The Morgan fingerprint density at radius 1 is 0.203 bits per heavy atom. The maximum atomic E-state index is 5.17. The van der Waals surface area contributed by atoms with Gasteiger partial charge in [-0.2, -0.15) is 0 Å². The Balaban J connectivity index is 1.01. The van der Waals surface area contributed by atoms with Crippen molar-refractivity contribution in [1.82, 2.24) is 24.9 Å². The van der Waals surface area contributed by atoms with E-state index in [-0.39, 0.29) is 0 Å². The molecule has 0 fully saturated rings. The van der Waals surface area contributed by atoms with Gasteiger partial charge in [-0.05, 0) is 74.5 Å². The molecule has 0 bridgehead atoms. The van der Waals surface area contributed by atoms with Gasteiger partial charge in [0.15, 0.2) is 23.3 Å². The zero-order chi connectivity index (χ0) is 42.7. The zero-order valence-electron chi connectivity index (χ0n) is 34.8. The monoisotopic (exact) mass is 817 g/mol. The predicted octanol–water partition coefficient (Wildman–Crippen LogP) is 14.8. The van der Waals surface area contributed by atoms with E-state index in [0.29, 0.717) is 23.3 Å². The lowest BCUT2D eigenvalue weighted by molar-refractivity contribution is 1.07. The van der Waals surface area contributed by atoms with Crippen molar-refractivity contribution in [3.63, 3.8) is 0 Å². The van der Waals surface area contributed by atoms with Gasteiger partial charge >= 0.3 is 0 Å². The highest BCUT2D eigenvalue weighted by molar-refractivity contribution is 5.96. The van der Waals surface area contributed by atoms with Gasteiger partial charge in [0.1, 0.15) is 0 Å². The minimum absolute atomic E-state index is 0.594. The molecular formula is C59H39N5. The maximum absolute atomic E-state index is 5.17. The first kappa shape index (κ1) is 38.3. The molecule has 0 aliphatic rings. The summed E-state index contributed by atoms with van der Waals surface area (Å²) in [5, 5.41) is 2.32. The fourth-order valence-electron chi connectivity index (χ4n) is 8.29. The molecule has 0 amide bonds. The molecule has 5 nitrogen and oxygen atoms in total. The van der Waals surface area contributed by atoms with Crippen molar-refractivity contribution in [3.8, 4) is 101 Å². The first-order chi connectivity index (χ1) is 31.7. The van der Waals surface area contributed by atoms with Crippen LogP contribution in [0, 0.1) is 0 Å². The molecule has 0 saturated carbocycles. The largest absolute Gasteiger partial charge is 0.228 e. The molecule has 11 aromatic rings. The third-order valence-electron chi connectivity index (χ3n) is 11.5. The number of rotatable bonds is 9. The Bertz CT molecular complexity index is 3330. The van der Waals surface area contributed by atoms with Crippen molar-refractivity contribution in [2.24, 2.45) is 0 Å². The summed E-state index contributed by atoms with van der Waals surface area (Å²) in [6, 6.07) is 81.7. The summed E-state index contributed by atoms with van der Waals surface area (Å²) in [4.78, 5) is 25.8. The van der Waals surface area contributed by atoms with Gasteiger partial charge < -0.3 is 0 Å². The van der Waals surface area contributed by atoms with Crippen LogP contribution in [0.3, 0.4) is 0 Å². The van der Waals surface area contributed by atoms with Gasteiger partial charge in [0.2, 0.25) is 0 Å². The first-order valence-electron chi connectivity index (χ1n) is 21.4. The minimum Gasteiger partial charge on any atom is -0.228 e. The number of hydrogen-bond acceptors (Lipinski definition) is 5. The molecule has 300 valence electrons. The van der Waals surface area contributed by atoms with E-state index in [4.69, 9.17) is 24.9 Å². The lowest BCUT2D eigenvalue weighted by atomic mass is 9.98. The van der Waals surface area contributed by atoms with Crippen molar-refractivity contribution in [1.29, 1.82) is 0 Å². The van der Waals surface area contributed by atoms with E-state index in [0.717, 1.165) is 83.5 Å². The smallest absolute Gasteiger partial charge is 0.164 e. The molecule has 0 spiro atoms. The van der Waals surface area contributed by atoms with E-state index in [1.807, 2.05) is 30.3 Å². The minimum atomic E-state index is 0.594. The summed E-state index contributed by atoms with van der Waals surface area (Å²) in [5.41, 5.74) is 14.0. The van der Waals surface area contributed by atoms with Crippen molar-refractivity contribution >= 4 is 10.8 Å². The van der Waals surface area contributed by atoms with E-state index < -0.39 is 0 Å². The predicted molar refractivity (Wildman–Crippen MR) is 262 cm³/mol. The van der Waals surface area contributed by atoms with Crippen LogP contribution in [0.1, 0.15) is 0 Å². The van der Waals surface area contributed by atoms with Crippen LogP contribution in [-0.2, 0) is 0 Å². The van der Waals surface area contributed by atoms with Crippen molar-refractivity contribution < 1.29 is 0 Å². The van der Waals surface area contributed by atoms with Crippen LogP contribution in [0.5, 0.6) is 0 Å². The van der Waals surface area contributed by atoms with Gasteiger partial charge in [-0.3, -0.25) is 0 Å². The third kappa shape index (κ3) is 7.86. The van der Waals surface area contributed by atoms with Crippen molar-refractivity contribution in [2.75, 3.05) is 0 Å². The average Bonchev–Trinajstić information content (AvgIpc) is 3.39. The number of aromatic nitrogens is 5. The summed E-state index contributed by atoms with van der Waals surface area (Å²) < 4.78 is 0. The first-order valence-corrected chi connectivity index (χ1v) is 21.4. The molecule has 5 heteroatoms. The molecule has 64 heavy (non-hydrogen) atoms. The maximum Gasteiger partial charge on any atom is 0.164 e. The Morgan fingerprint density at radius 3 is 1.08 bits per heavy atom. The van der Waals surface area contributed by atoms with Crippen LogP contribution in [0.2, 0.25) is 0 Å². The molecule has 0 saturated heterocycles. The highest BCUT2D eigenvalue weighted by Crippen LogP contribution is 2.35. The van der Waals surface area contributed by atoms with Gasteiger partial charge in [0, 0.05) is 33.4 Å². The molecule has 0 atom stereocenters. The van der Waals surface area contributed by atoms with E-state index in [2.05, 4.69) is 206 Å². The Kier molecular flexibility index (Phi) is 10.2. The molecular weight excluding hydrogens is 779 g/mol. The van der Waals surface area contributed by atoms with Crippen LogP contribution in [0.15, 0.2) is 237 Å². The Labute approximate surface area is 372 Å². The van der Waals surface area contributed by atoms with Crippen molar-refractivity contribution in [2.45, 2.75) is 0 Å². The molecule has 0 radical (unpaired) electrons. The fourth-order valence-corrected chi connectivity index (χ4v) is 8.29. The van der Waals surface area contributed by atoms with Crippen LogP contribution in [0.25, 0.3) is 112 Å². The molecule has 0 N–H and O–H groups in total. The Hall–Kier alpha value is -8.67. The quantitative estimate of drug-likeness (QED) is 0.145. The topological polar surface area (TPSA) is 64.5 Å². The van der Waals surface area contributed by atoms with E-state index >= 15 is 0 Å². The van der Waals surface area contributed by atoms with E-state index in [1.54, 1.807) is 0 Å². The fraction of sp³-hybridized carbons (Fsp3) is 0. The number of fused-ring (bicyclic) bond motifs is 1. The standard InChI is InChI=1S/C59H39N5/c1-4-17-40(18-5-1)44-25-13-30-49(36-44)57-62-58(50-31-14-26-45(37-50)41-19-6-2-7-20-41)64-59(63-57)51-32-15-28-47(38-51)46-27-12-29-48(35-46)54-39-55(61-56(60-54)43-22-8-3-9-23-43)53-34-16-24-42-21-10-11-33-52(42)53/h1-39H. The average molecular weight is 818 g/mol. The second kappa shape index (κ2) is 17.0. The van der Waals surface area contributed by atoms with Gasteiger partial charge in [-0.1, -0.05) is 206 Å². The highest BCUT2D eigenvalue weighted by atomic mass is 15.0. The third-order valence-corrected chi connectivity index (χ3v) is 11.5. The number of hydrogen-bond donors (Lipinski definition) is 0. The summed E-state index contributed by atoms with van der Waals surface area (Å²) in [7, 11) is 0. The van der Waals surface area contributed by atoms with Crippen molar-refractivity contribution in [3.05, 3.63) is 237 Å². The molecule has 2 aromatic heterocycles. The van der Waals surface area contributed by atoms with E-state index in [9.17, 15) is 0 Å². The molecule has 9 aromatic carbocycles. The summed E-state index contributed by atoms with van der Waals surface area (Å²) in [6.45, 7) is 0. The zero-order valence-corrected chi connectivity index (χ0v) is 34.8. The number of nitrogens with zero attached hydrogens (tertiary/aromatic N) is 5. The SMILES string of the molecule is c1ccc(-c2cccc(-c3nc(-c4cccc(-c5ccccc5)c4)nc(-c4cccc(-c5cccc(-c6cc(-c7cccc8ccccc78)nc(-c7ccccc7)n6)c5)c4)n3)c2)cc1. The van der Waals surface area contributed by atoms with Gasteiger partial charge in [-0.25, -0.2) is 24.9 Å². The Morgan fingerprint density at radius 2 is 0.547 bits per heavy atom. The van der Waals surface area contributed by atoms with Gasteiger partial charge in [0.05, 0.1) is 11.4 Å². The number of benzene rings is 9.